The zero-order valence-electron chi connectivity index (χ0n) is 12.2. The van der Waals surface area contributed by atoms with Gasteiger partial charge in [-0.05, 0) is 49.4 Å². The molecule has 1 heterocycles. The van der Waals surface area contributed by atoms with E-state index in [0.29, 0.717) is 0 Å². The molecule has 0 spiro atoms. The molecule has 1 N–H and O–H groups in total. The molecular weight excluding hydrogens is 312 g/mol. The molecule has 1 aliphatic heterocycles. The van der Waals surface area contributed by atoms with Crippen molar-refractivity contribution in [1.29, 1.82) is 0 Å². The molecule has 1 aromatic carbocycles. The van der Waals surface area contributed by atoms with E-state index in [4.69, 9.17) is 0 Å². The van der Waals surface area contributed by atoms with E-state index in [1.807, 2.05) is 0 Å². The lowest BCUT2D eigenvalue weighted by molar-refractivity contribution is 0.554. The summed E-state index contributed by atoms with van der Waals surface area (Å²) in [6, 6.07) is 7.56. The lowest BCUT2D eigenvalue weighted by atomic mass is 10.1. The summed E-state index contributed by atoms with van der Waals surface area (Å²) in [5, 5.41) is 3.66. The monoisotopic (exact) mass is 336 g/mol. The van der Waals surface area contributed by atoms with Gasteiger partial charge in [-0.3, -0.25) is 0 Å². The summed E-state index contributed by atoms with van der Waals surface area (Å²) in [5.74, 6) is 0. The highest BCUT2D eigenvalue weighted by Gasteiger charge is 2.21. The van der Waals surface area contributed by atoms with E-state index >= 15 is 0 Å². The van der Waals surface area contributed by atoms with Crippen molar-refractivity contribution in [2.24, 2.45) is 0 Å². The standard InChI is InChI=1S/C17H25BrN2/c18-15-6-9-17(14(12-15)13-19-16-7-8-16)20-10-4-2-1-3-5-11-20/h6,9,12,16,19H,1-5,7-8,10-11,13H2. The molecule has 0 atom stereocenters. The smallest absolute Gasteiger partial charge is 0.0412 e. The first-order valence-corrected chi connectivity index (χ1v) is 8.89. The molecule has 0 amide bonds. The van der Waals surface area contributed by atoms with Crippen LogP contribution in [-0.2, 0) is 6.54 Å². The zero-order chi connectivity index (χ0) is 13.8. The predicted molar refractivity (Wildman–Crippen MR) is 89.3 cm³/mol. The first-order valence-electron chi connectivity index (χ1n) is 8.10. The number of nitrogens with one attached hydrogen (secondary N) is 1. The molecule has 2 nitrogen and oxygen atoms in total. The summed E-state index contributed by atoms with van der Waals surface area (Å²) in [7, 11) is 0. The van der Waals surface area contributed by atoms with Crippen LogP contribution in [0.2, 0.25) is 0 Å². The Balaban J connectivity index is 1.74. The SMILES string of the molecule is Brc1ccc(N2CCCCCCC2)c(CNC2CC2)c1. The Bertz CT molecular complexity index is 435. The second-order valence-electron chi connectivity index (χ2n) is 6.18. The Labute approximate surface area is 131 Å². The summed E-state index contributed by atoms with van der Waals surface area (Å²) in [6.07, 6.45) is 9.59. The lowest BCUT2D eigenvalue weighted by Crippen LogP contribution is -2.29. The van der Waals surface area contributed by atoms with Crippen LogP contribution in [0, 0.1) is 0 Å². The number of halogens is 1. The fourth-order valence-electron chi connectivity index (χ4n) is 3.03. The van der Waals surface area contributed by atoms with Gasteiger partial charge >= 0.3 is 0 Å². The largest absolute Gasteiger partial charge is 0.371 e. The van der Waals surface area contributed by atoms with E-state index in [-0.39, 0.29) is 0 Å². The third-order valence-corrected chi connectivity index (χ3v) is 4.89. The molecule has 20 heavy (non-hydrogen) atoms. The molecule has 0 aromatic heterocycles. The maximum absolute atomic E-state index is 3.66. The molecule has 0 bridgehead atoms. The van der Waals surface area contributed by atoms with E-state index in [0.717, 1.165) is 12.6 Å². The van der Waals surface area contributed by atoms with Crippen molar-refractivity contribution in [1.82, 2.24) is 5.32 Å². The van der Waals surface area contributed by atoms with Crippen molar-refractivity contribution in [3.8, 4) is 0 Å². The first kappa shape index (κ1) is 14.4. The highest BCUT2D eigenvalue weighted by Crippen LogP contribution is 2.28. The van der Waals surface area contributed by atoms with Crippen LogP contribution in [0.4, 0.5) is 5.69 Å². The first-order chi connectivity index (χ1) is 9.83. The lowest BCUT2D eigenvalue weighted by Gasteiger charge is -2.29. The minimum absolute atomic E-state index is 0.772. The molecule has 0 unspecified atom stereocenters. The van der Waals surface area contributed by atoms with Gasteiger partial charge in [0.15, 0.2) is 0 Å². The van der Waals surface area contributed by atoms with E-state index in [9.17, 15) is 0 Å². The van der Waals surface area contributed by atoms with Gasteiger partial charge in [0.1, 0.15) is 0 Å². The fourth-order valence-corrected chi connectivity index (χ4v) is 3.44. The molecule has 110 valence electrons. The summed E-state index contributed by atoms with van der Waals surface area (Å²) in [5.41, 5.74) is 2.90. The van der Waals surface area contributed by atoms with E-state index in [1.54, 1.807) is 0 Å². The molecule has 1 aromatic rings. The Kier molecular flexibility index (Phi) is 5.00. The van der Waals surface area contributed by atoms with Crippen molar-refractivity contribution in [2.75, 3.05) is 18.0 Å². The van der Waals surface area contributed by atoms with E-state index < -0.39 is 0 Å². The predicted octanol–water partition coefficient (Wildman–Crippen LogP) is 4.47. The van der Waals surface area contributed by atoms with E-state index in [2.05, 4.69) is 44.3 Å². The zero-order valence-corrected chi connectivity index (χ0v) is 13.8. The summed E-state index contributed by atoms with van der Waals surface area (Å²) in [4.78, 5) is 2.61. The number of hydrogen-bond donors (Lipinski definition) is 1. The van der Waals surface area contributed by atoms with Crippen molar-refractivity contribution >= 4 is 21.6 Å². The van der Waals surface area contributed by atoms with Gasteiger partial charge in [-0.25, -0.2) is 0 Å². The minimum atomic E-state index is 0.772. The van der Waals surface area contributed by atoms with Crippen molar-refractivity contribution in [3.05, 3.63) is 28.2 Å². The molecule has 1 aliphatic carbocycles. The molecule has 0 radical (unpaired) electrons. The molecule has 2 fully saturated rings. The second-order valence-corrected chi connectivity index (χ2v) is 7.10. The quantitative estimate of drug-likeness (QED) is 0.872. The van der Waals surface area contributed by atoms with Crippen molar-refractivity contribution in [2.45, 2.75) is 57.5 Å². The Morgan fingerprint density at radius 1 is 1.05 bits per heavy atom. The van der Waals surface area contributed by atoms with Crippen LogP contribution in [-0.4, -0.2) is 19.1 Å². The van der Waals surface area contributed by atoms with Crippen LogP contribution < -0.4 is 10.2 Å². The van der Waals surface area contributed by atoms with Gasteiger partial charge in [-0.2, -0.15) is 0 Å². The van der Waals surface area contributed by atoms with Crippen LogP contribution >= 0.6 is 15.9 Å². The number of anilines is 1. The van der Waals surface area contributed by atoms with Gasteiger partial charge in [0.05, 0.1) is 0 Å². The molecule has 3 rings (SSSR count). The molecule has 1 saturated heterocycles. The highest BCUT2D eigenvalue weighted by atomic mass is 79.9. The number of rotatable bonds is 4. The number of benzene rings is 1. The minimum Gasteiger partial charge on any atom is -0.371 e. The maximum Gasteiger partial charge on any atom is 0.0412 e. The van der Waals surface area contributed by atoms with Crippen LogP contribution in [0.15, 0.2) is 22.7 Å². The van der Waals surface area contributed by atoms with Crippen LogP contribution in [0.25, 0.3) is 0 Å². The van der Waals surface area contributed by atoms with Gasteiger partial charge < -0.3 is 10.2 Å². The normalized spacial score (nSPS) is 20.6. The molecular formula is C17H25BrN2. The van der Waals surface area contributed by atoms with Crippen molar-refractivity contribution in [3.63, 3.8) is 0 Å². The summed E-state index contributed by atoms with van der Waals surface area (Å²) in [6.45, 7) is 3.45. The van der Waals surface area contributed by atoms with Gasteiger partial charge in [-0.1, -0.05) is 35.2 Å². The molecule has 3 heteroatoms. The van der Waals surface area contributed by atoms with Gasteiger partial charge in [0.2, 0.25) is 0 Å². The molecule has 2 aliphatic rings. The maximum atomic E-state index is 3.66. The van der Waals surface area contributed by atoms with Crippen LogP contribution in [0.5, 0.6) is 0 Å². The summed E-state index contributed by atoms with van der Waals surface area (Å²) < 4.78 is 1.20. The third kappa shape index (κ3) is 3.98. The second kappa shape index (κ2) is 6.95. The van der Waals surface area contributed by atoms with E-state index in [1.165, 1.54) is 73.8 Å². The molecule has 1 saturated carbocycles. The Morgan fingerprint density at radius 2 is 1.75 bits per heavy atom. The van der Waals surface area contributed by atoms with Crippen LogP contribution in [0.3, 0.4) is 0 Å². The number of hydrogen-bond acceptors (Lipinski definition) is 2. The van der Waals surface area contributed by atoms with Gasteiger partial charge in [-0.15, -0.1) is 0 Å². The average Bonchev–Trinajstić information content (AvgIpc) is 3.21. The topological polar surface area (TPSA) is 15.3 Å². The third-order valence-electron chi connectivity index (χ3n) is 4.40. The number of nitrogens with zero attached hydrogens (tertiary/aromatic N) is 1. The van der Waals surface area contributed by atoms with Gasteiger partial charge in [0.25, 0.3) is 0 Å². The summed E-state index contributed by atoms with van der Waals surface area (Å²) >= 11 is 3.62. The van der Waals surface area contributed by atoms with Crippen LogP contribution in [0.1, 0.15) is 50.5 Å². The van der Waals surface area contributed by atoms with Crippen molar-refractivity contribution < 1.29 is 0 Å². The Morgan fingerprint density at radius 3 is 2.45 bits per heavy atom. The highest BCUT2D eigenvalue weighted by molar-refractivity contribution is 9.10. The Hall–Kier alpha value is -0.540. The van der Waals surface area contributed by atoms with Gasteiger partial charge in [0, 0.05) is 35.8 Å². The average molecular weight is 337 g/mol. The fraction of sp³-hybridized carbons (Fsp3) is 0.647.